The van der Waals surface area contributed by atoms with Gasteiger partial charge in [-0.25, -0.2) is 0 Å². The Balaban J connectivity index is 2.15. The van der Waals surface area contributed by atoms with E-state index < -0.39 is 0 Å². The fourth-order valence-corrected chi connectivity index (χ4v) is 4.07. The maximum absolute atomic E-state index is 6.32. The van der Waals surface area contributed by atoms with Crippen LogP contribution in [0.3, 0.4) is 0 Å². The van der Waals surface area contributed by atoms with Crippen LogP contribution in [0.1, 0.15) is 38.7 Å². The van der Waals surface area contributed by atoms with Crippen LogP contribution in [0.15, 0.2) is 18.2 Å². The largest absolute Gasteiger partial charge is 0.330 e. The van der Waals surface area contributed by atoms with E-state index in [1.165, 1.54) is 19.3 Å². The van der Waals surface area contributed by atoms with Crippen molar-refractivity contribution in [2.75, 3.05) is 6.54 Å². The number of nitrogens with two attached hydrogens (primary N) is 1. The average molecular weight is 314 g/mol. The quantitative estimate of drug-likeness (QED) is 0.814. The summed E-state index contributed by atoms with van der Waals surface area (Å²) in [5, 5.41) is 1.58. The minimum atomic E-state index is 0.609. The molecule has 1 fully saturated rings. The third-order valence-corrected chi connectivity index (χ3v) is 5.66. The predicted molar refractivity (Wildman–Crippen MR) is 88.4 cm³/mol. The number of halogens is 2. The molecule has 1 aliphatic rings. The lowest BCUT2D eigenvalue weighted by atomic mass is 9.69. The molecular formula is C17H25Cl2N. The van der Waals surface area contributed by atoms with E-state index >= 15 is 0 Å². The van der Waals surface area contributed by atoms with Gasteiger partial charge in [0.25, 0.3) is 0 Å². The van der Waals surface area contributed by atoms with E-state index in [1.807, 2.05) is 18.2 Å². The molecule has 3 atom stereocenters. The van der Waals surface area contributed by atoms with Crippen LogP contribution in [0.5, 0.6) is 0 Å². The number of benzene rings is 1. The highest BCUT2D eigenvalue weighted by molar-refractivity contribution is 6.35. The SMILES string of the molecule is CC(C)C1CCC(CN)C(Cc2c(Cl)cccc2Cl)C1. The standard InChI is InChI=1S/C17H25Cl2N/c1-11(2)12-6-7-13(10-20)14(8-12)9-15-16(18)4-3-5-17(15)19/h3-5,11-14H,6-10,20H2,1-2H3. The Hall–Kier alpha value is -0.240. The highest BCUT2D eigenvalue weighted by Crippen LogP contribution is 2.40. The Bertz CT molecular complexity index is 424. The second kappa shape index (κ2) is 7.15. The fourth-order valence-electron chi connectivity index (χ4n) is 3.52. The van der Waals surface area contributed by atoms with Crippen LogP contribution in [0.2, 0.25) is 10.0 Å². The van der Waals surface area contributed by atoms with Gasteiger partial charge in [0, 0.05) is 10.0 Å². The van der Waals surface area contributed by atoms with Crippen molar-refractivity contribution in [2.45, 2.75) is 39.5 Å². The third kappa shape index (κ3) is 3.69. The normalized spacial score (nSPS) is 27.0. The highest BCUT2D eigenvalue weighted by Gasteiger charge is 2.31. The molecule has 0 aromatic heterocycles. The van der Waals surface area contributed by atoms with Crippen molar-refractivity contribution in [1.82, 2.24) is 0 Å². The summed E-state index contributed by atoms with van der Waals surface area (Å²) in [5.74, 6) is 2.78. The van der Waals surface area contributed by atoms with Crippen LogP contribution in [0.25, 0.3) is 0 Å². The molecule has 0 bridgehead atoms. The van der Waals surface area contributed by atoms with Crippen LogP contribution in [0.4, 0.5) is 0 Å². The molecule has 112 valence electrons. The molecule has 0 aliphatic heterocycles. The Morgan fingerprint density at radius 2 is 1.80 bits per heavy atom. The summed E-state index contributed by atoms with van der Waals surface area (Å²) < 4.78 is 0. The van der Waals surface area contributed by atoms with Crippen molar-refractivity contribution in [3.8, 4) is 0 Å². The van der Waals surface area contributed by atoms with Crippen molar-refractivity contribution in [2.24, 2.45) is 29.4 Å². The Morgan fingerprint density at radius 1 is 1.15 bits per heavy atom. The van der Waals surface area contributed by atoms with Crippen LogP contribution >= 0.6 is 23.2 Å². The molecule has 3 heteroatoms. The van der Waals surface area contributed by atoms with E-state index in [4.69, 9.17) is 28.9 Å². The van der Waals surface area contributed by atoms with Crippen molar-refractivity contribution in [3.63, 3.8) is 0 Å². The first kappa shape index (κ1) is 16.1. The van der Waals surface area contributed by atoms with E-state index in [-0.39, 0.29) is 0 Å². The van der Waals surface area contributed by atoms with Gasteiger partial charge in [-0.1, -0.05) is 43.1 Å². The van der Waals surface area contributed by atoms with E-state index in [0.29, 0.717) is 11.8 Å². The first-order chi connectivity index (χ1) is 9.52. The lowest BCUT2D eigenvalue weighted by Crippen LogP contribution is -2.33. The summed E-state index contributed by atoms with van der Waals surface area (Å²) in [6.07, 6.45) is 4.77. The molecule has 3 unspecified atom stereocenters. The summed E-state index contributed by atoms with van der Waals surface area (Å²) in [6, 6.07) is 5.78. The van der Waals surface area contributed by atoms with Crippen molar-refractivity contribution < 1.29 is 0 Å². The maximum atomic E-state index is 6.32. The lowest BCUT2D eigenvalue weighted by molar-refractivity contribution is 0.151. The van der Waals surface area contributed by atoms with Gasteiger partial charge >= 0.3 is 0 Å². The van der Waals surface area contributed by atoms with E-state index in [9.17, 15) is 0 Å². The topological polar surface area (TPSA) is 26.0 Å². The summed E-state index contributed by atoms with van der Waals surface area (Å²) in [6.45, 7) is 5.43. The summed E-state index contributed by atoms with van der Waals surface area (Å²) in [4.78, 5) is 0. The van der Waals surface area contributed by atoms with Gasteiger partial charge in [0.1, 0.15) is 0 Å². The molecule has 1 aromatic carbocycles. The van der Waals surface area contributed by atoms with Crippen LogP contribution in [-0.2, 0) is 6.42 Å². The number of hydrogen-bond acceptors (Lipinski definition) is 1. The minimum Gasteiger partial charge on any atom is -0.330 e. The van der Waals surface area contributed by atoms with Crippen molar-refractivity contribution >= 4 is 23.2 Å². The molecule has 0 saturated heterocycles. The molecule has 0 spiro atoms. The molecular weight excluding hydrogens is 289 g/mol. The van der Waals surface area contributed by atoms with Crippen molar-refractivity contribution in [1.29, 1.82) is 0 Å². The first-order valence-electron chi connectivity index (χ1n) is 7.65. The smallest absolute Gasteiger partial charge is 0.0452 e. The van der Waals surface area contributed by atoms with Gasteiger partial charge in [0.2, 0.25) is 0 Å². The number of hydrogen-bond donors (Lipinski definition) is 1. The fraction of sp³-hybridized carbons (Fsp3) is 0.647. The summed E-state index contributed by atoms with van der Waals surface area (Å²) >= 11 is 12.6. The lowest BCUT2D eigenvalue weighted by Gasteiger charge is -2.38. The highest BCUT2D eigenvalue weighted by atomic mass is 35.5. The summed E-state index contributed by atoms with van der Waals surface area (Å²) in [5.41, 5.74) is 7.08. The van der Waals surface area contributed by atoms with E-state index in [0.717, 1.165) is 40.4 Å². The van der Waals surface area contributed by atoms with Gasteiger partial charge in [-0.15, -0.1) is 0 Å². The van der Waals surface area contributed by atoms with Gasteiger partial charge in [0.15, 0.2) is 0 Å². The Morgan fingerprint density at radius 3 is 2.35 bits per heavy atom. The monoisotopic (exact) mass is 313 g/mol. The Kier molecular flexibility index (Phi) is 5.77. The van der Waals surface area contributed by atoms with E-state index in [2.05, 4.69) is 13.8 Å². The Labute approximate surface area is 132 Å². The molecule has 2 rings (SSSR count). The number of rotatable bonds is 4. The minimum absolute atomic E-state index is 0.609. The molecule has 1 aliphatic carbocycles. The van der Waals surface area contributed by atoms with Gasteiger partial charge < -0.3 is 5.73 Å². The second-order valence-corrected chi connectivity index (χ2v) is 7.29. The van der Waals surface area contributed by atoms with Gasteiger partial charge in [0.05, 0.1) is 0 Å². The molecule has 0 radical (unpaired) electrons. The molecule has 0 amide bonds. The zero-order chi connectivity index (χ0) is 14.7. The molecule has 1 aromatic rings. The van der Waals surface area contributed by atoms with Gasteiger partial charge in [-0.05, 0) is 73.6 Å². The summed E-state index contributed by atoms with van der Waals surface area (Å²) in [7, 11) is 0. The molecule has 0 heterocycles. The zero-order valence-electron chi connectivity index (χ0n) is 12.4. The molecule has 2 N–H and O–H groups in total. The van der Waals surface area contributed by atoms with E-state index in [1.54, 1.807) is 0 Å². The zero-order valence-corrected chi connectivity index (χ0v) is 13.9. The van der Waals surface area contributed by atoms with Crippen LogP contribution in [-0.4, -0.2) is 6.54 Å². The van der Waals surface area contributed by atoms with Gasteiger partial charge in [-0.2, -0.15) is 0 Å². The maximum Gasteiger partial charge on any atom is 0.0452 e. The second-order valence-electron chi connectivity index (χ2n) is 6.48. The molecule has 1 nitrogen and oxygen atoms in total. The third-order valence-electron chi connectivity index (χ3n) is 4.95. The molecule has 20 heavy (non-hydrogen) atoms. The van der Waals surface area contributed by atoms with Gasteiger partial charge in [-0.3, -0.25) is 0 Å². The van der Waals surface area contributed by atoms with Crippen LogP contribution in [0, 0.1) is 23.7 Å². The molecule has 1 saturated carbocycles. The van der Waals surface area contributed by atoms with Crippen LogP contribution < -0.4 is 5.73 Å². The first-order valence-corrected chi connectivity index (χ1v) is 8.41. The average Bonchev–Trinajstić information content (AvgIpc) is 2.42. The van der Waals surface area contributed by atoms with Crippen molar-refractivity contribution in [3.05, 3.63) is 33.8 Å². The predicted octanol–water partition coefficient (Wildman–Crippen LogP) is 5.18.